The Morgan fingerprint density at radius 3 is 2.50 bits per heavy atom. The second kappa shape index (κ2) is 17.7. The van der Waals surface area contributed by atoms with E-state index in [4.69, 9.17) is 27.0 Å². The van der Waals surface area contributed by atoms with Gasteiger partial charge in [0.25, 0.3) is 0 Å². The number of fused-ring (bicyclic) bond motifs is 5. The summed E-state index contributed by atoms with van der Waals surface area (Å²) in [5, 5.41) is 52.9. The summed E-state index contributed by atoms with van der Waals surface area (Å²) in [5.41, 5.74) is 17.0. The molecular formula is C40H60N8O8. The van der Waals surface area contributed by atoms with Gasteiger partial charge in [-0.1, -0.05) is 32.1 Å². The van der Waals surface area contributed by atoms with Crippen LogP contribution in [0.3, 0.4) is 0 Å². The number of phenolic OH excluding ortho intramolecular Hbond substituents is 1. The van der Waals surface area contributed by atoms with Crippen molar-refractivity contribution in [3.63, 3.8) is 0 Å². The summed E-state index contributed by atoms with van der Waals surface area (Å²) in [7, 11) is 0. The number of carbonyl (C=O) groups is 3. The van der Waals surface area contributed by atoms with E-state index in [0.717, 1.165) is 44.9 Å². The van der Waals surface area contributed by atoms with E-state index in [0.29, 0.717) is 55.0 Å². The Morgan fingerprint density at radius 1 is 1.12 bits per heavy atom. The molecule has 2 fully saturated rings. The van der Waals surface area contributed by atoms with Gasteiger partial charge in [0.1, 0.15) is 23.1 Å². The second-order valence-corrected chi connectivity index (χ2v) is 16.2. The van der Waals surface area contributed by atoms with Crippen molar-refractivity contribution in [1.82, 2.24) is 20.3 Å². The molecule has 0 spiro atoms. The van der Waals surface area contributed by atoms with Crippen LogP contribution in [0.5, 0.6) is 5.75 Å². The van der Waals surface area contributed by atoms with E-state index in [2.05, 4.69) is 33.6 Å². The summed E-state index contributed by atoms with van der Waals surface area (Å²) in [6.07, 6.45) is 10.7. The molecule has 1 aromatic carbocycles. The summed E-state index contributed by atoms with van der Waals surface area (Å²) < 4.78 is 7.99. The van der Waals surface area contributed by atoms with Crippen LogP contribution in [0, 0.1) is 17.3 Å². The predicted molar refractivity (Wildman–Crippen MR) is 208 cm³/mol. The Hall–Kier alpha value is -4.54. The predicted octanol–water partition coefficient (Wildman–Crippen LogP) is 3.21. The maximum absolute atomic E-state index is 12.5. The molecule has 16 heteroatoms. The Balaban J connectivity index is 0.000000433. The number of ether oxygens (including phenoxy) is 1. The third-order valence-electron chi connectivity index (χ3n) is 12.9. The topological polar surface area (TPSA) is 275 Å². The fourth-order valence-corrected chi connectivity index (χ4v) is 9.88. The van der Waals surface area contributed by atoms with Gasteiger partial charge in [0, 0.05) is 30.9 Å². The van der Waals surface area contributed by atoms with Gasteiger partial charge in [-0.05, 0) is 111 Å². The van der Waals surface area contributed by atoms with Crippen molar-refractivity contribution in [3.8, 4) is 5.75 Å². The number of amides is 1. The molecule has 1 amide bonds. The number of nitrogens with one attached hydrogen (secondary N) is 1. The SMILES string of the molecule is CCC(CC)O[C@@H]1CC(C(=O)O)=C[C@H](n2cc([C@]3(O)CC[C@H]4[C@@H]5CCc6cc(O)ccc6[C@H]5CC[C@@]43C)nn2)[C@H]1NC(C)=O.NC(N)=NCCC[C@H](N)C(=O)O. The molecular weight excluding hydrogens is 720 g/mol. The van der Waals surface area contributed by atoms with Crippen molar-refractivity contribution in [1.29, 1.82) is 0 Å². The molecule has 0 bridgehead atoms. The first-order valence-electron chi connectivity index (χ1n) is 19.9. The number of carbonyl (C=O) groups excluding carboxylic acids is 1. The fourth-order valence-electron chi connectivity index (χ4n) is 9.88. The summed E-state index contributed by atoms with van der Waals surface area (Å²) in [6, 6.07) is 3.78. The number of carboxylic acid groups (broad SMARTS) is 2. The lowest BCUT2D eigenvalue weighted by molar-refractivity contribution is -0.138. The number of aliphatic imine (C=N–C) groups is 1. The second-order valence-electron chi connectivity index (χ2n) is 16.2. The molecule has 0 unspecified atom stereocenters. The molecule has 16 nitrogen and oxygen atoms in total. The summed E-state index contributed by atoms with van der Waals surface area (Å²) in [6.45, 7) is 8.12. The molecule has 1 aromatic heterocycles. The number of guanidine groups is 1. The van der Waals surface area contributed by atoms with Crippen LogP contribution in [0.4, 0.5) is 0 Å². The number of phenols is 1. The van der Waals surface area contributed by atoms with Crippen LogP contribution in [-0.4, -0.2) is 90.1 Å². The van der Waals surface area contributed by atoms with Gasteiger partial charge in [-0.25, -0.2) is 9.48 Å². The number of hydrogen-bond donors (Lipinski definition) is 8. The fraction of sp³-hybridized carbons (Fsp3) is 0.650. The molecule has 6 rings (SSSR count). The largest absolute Gasteiger partial charge is 0.508 e. The normalized spacial score (nSPS) is 29.7. The standard InChI is InChI=1S/C34H46N4O6.C6H14N4O2/c1-5-23(6-2)44-29-17-21(32(41)42)16-28(31(29)35-19(3)39)38-18-30(36-37-38)34(43)14-12-27-26-9-7-20-15-22(40)8-10-24(20)25(26)11-13-33(27,34)4;7-4(5(11)12)2-1-3-10-6(8)9/h8,10,15-16,18,23,25-29,31,40,43H,5-7,9,11-14,17H2,1-4H3,(H,35,39)(H,41,42);4H,1-3,7H2,(H,11,12)(H4,8,9,10)/t25-,26-,27+,28+,29-,31-,33+,34-;4-/m10/s1. The molecule has 4 aliphatic rings. The minimum absolute atomic E-state index is 0.0129. The molecule has 308 valence electrons. The zero-order valence-electron chi connectivity index (χ0n) is 32.9. The lowest BCUT2D eigenvalue weighted by Crippen LogP contribution is -2.52. The van der Waals surface area contributed by atoms with Crippen molar-refractivity contribution in [3.05, 3.63) is 52.9 Å². The zero-order chi connectivity index (χ0) is 40.9. The number of nitrogens with two attached hydrogens (primary N) is 3. The smallest absolute Gasteiger partial charge is 0.331 e. The first-order chi connectivity index (χ1) is 26.5. The van der Waals surface area contributed by atoms with Gasteiger partial charge in [0.15, 0.2) is 5.96 Å². The number of carboxylic acids is 2. The van der Waals surface area contributed by atoms with Crippen molar-refractivity contribution in [2.45, 2.75) is 140 Å². The Bertz CT molecular complexity index is 1790. The molecule has 0 saturated heterocycles. The highest BCUT2D eigenvalue weighted by molar-refractivity contribution is 5.87. The van der Waals surface area contributed by atoms with Crippen LogP contribution in [0.2, 0.25) is 0 Å². The lowest BCUT2D eigenvalue weighted by Gasteiger charge is -2.52. The number of hydrogen-bond acceptors (Lipinski definition) is 10. The van der Waals surface area contributed by atoms with E-state index < -0.39 is 47.2 Å². The maximum atomic E-state index is 12.5. The number of aliphatic carboxylic acids is 2. The molecule has 0 radical (unpaired) electrons. The number of rotatable bonds is 13. The van der Waals surface area contributed by atoms with Crippen molar-refractivity contribution >= 4 is 23.8 Å². The van der Waals surface area contributed by atoms with Gasteiger partial charge < -0.3 is 47.7 Å². The third-order valence-corrected chi connectivity index (χ3v) is 12.9. The van der Waals surface area contributed by atoms with E-state index in [1.807, 2.05) is 19.9 Å². The van der Waals surface area contributed by atoms with Crippen molar-refractivity contribution < 1.29 is 39.5 Å². The number of benzene rings is 1. The minimum atomic E-state index is -1.18. The summed E-state index contributed by atoms with van der Waals surface area (Å²) in [4.78, 5) is 38.4. The first kappa shape index (κ1) is 42.6. The van der Waals surface area contributed by atoms with Crippen LogP contribution in [0.1, 0.15) is 121 Å². The van der Waals surface area contributed by atoms with E-state index in [1.165, 1.54) is 18.1 Å². The van der Waals surface area contributed by atoms with E-state index in [1.54, 1.807) is 23.0 Å². The highest BCUT2D eigenvalue weighted by Crippen LogP contribution is 2.66. The highest BCUT2D eigenvalue weighted by atomic mass is 16.5. The number of aromatic nitrogens is 3. The van der Waals surface area contributed by atoms with Crippen LogP contribution < -0.4 is 22.5 Å². The van der Waals surface area contributed by atoms with Crippen LogP contribution in [0.25, 0.3) is 0 Å². The molecule has 0 aliphatic heterocycles. The average Bonchev–Trinajstić information content (AvgIpc) is 3.76. The molecule has 11 N–H and O–H groups in total. The van der Waals surface area contributed by atoms with E-state index in [-0.39, 0.29) is 30.0 Å². The Labute approximate surface area is 327 Å². The first-order valence-corrected chi connectivity index (χ1v) is 19.9. The van der Waals surface area contributed by atoms with Gasteiger partial charge in [-0.15, -0.1) is 5.10 Å². The van der Waals surface area contributed by atoms with Gasteiger partial charge in [-0.3, -0.25) is 14.6 Å². The Kier molecular flexibility index (Phi) is 13.5. The molecule has 1 heterocycles. The summed E-state index contributed by atoms with van der Waals surface area (Å²) in [5.74, 6) is -0.755. The lowest BCUT2D eigenvalue weighted by atomic mass is 9.53. The minimum Gasteiger partial charge on any atom is -0.508 e. The van der Waals surface area contributed by atoms with Crippen LogP contribution in [-0.2, 0) is 31.1 Å². The molecule has 9 atom stereocenters. The number of nitrogens with zero attached hydrogens (tertiary/aromatic N) is 4. The number of aliphatic hydroxyl groups is 1. The Morgan fingerprint density at radius 2 is 1.86 bits per heavy atom. The van der Waals surface area contributed by atoms with Gasteiger partial charge >= 0.3 is 11.9 Å². The molecule has 2 aromatic rings. The van der Waals surface area contributed by atoms with Crippen molar-refractivity contribution in [2.24, 2.45) is 39.4 Å². The molecule has 4 aliphatic carbocycles. The zero-order valence-corrected chi connectivity index (χ0v) is 32.9. The third kappa shape index (κ3) is 8.87. The maximum Gasteiger partial charge on any atom is 0.331 e. The average molecular weight is 781 g/mol. The highest BCUT2D eigenvalue weighted by Gasteiger charge is 2.63. The quantitative estimate of drug-likeness (QED) is 0.0825. The molecule has 2 saturated carbocycles. The monoisotopic (exact) mass is 780 g/mol. The van der Waals surface area contributed by atoms with Crippen molar-refractivity contribution in [2.75, 3.05) is 6.54 Å². The number of aromatic hydroxyl groups is 1. The number of aryl methyl sites for hydroxylation is 1. The van der Waals surface area contributed by atoms with E-state index >= 15 is 0 Å². The van der Waals surface area contributed by atoms with Gasteiger partial charge in [0.2, 0.25) is 5.91 Å². The van der Waals surface area contributed by atoms with Crippen LogP contribution >= 0.6 is 0 Å². The molecule has 56 heavy (non-hydrogen) atoms. The van der Waals surface area contributed by atoms with Gasteiger partial charge in [-0.2, -0.15) is 0 Å². The van der Waals surface area contributed by atoms with Crippen LogP contribution in [0.15, 0.2) is 41.0 Å². The van der Waals surface area contributed by atoms with Gasteiger partial charge in [0.05, 0.1) is 30.5 Å². The van der Waals surface area contributed by atoms with E-state index in [9.17, 15) is 29.7 Å². The summed E-state index contributed by atoms with van der Waals surface area (Å²) >= 11 is 0.